The molecule has 1 N–H and O–H groups in total. The molecule has 0 aliphatic carbocycles. The fourth-order valence-corrected chi connectivity index (χ4v) is 3.96. The van der Waals surface area contributed by atoms with E-state index in [9.17, 15) is 14.7 Å². The van der Waals surface area contributed by atoms with Crippen molar-refractivity contribution in [1.82, 2.24) is 5.32 Å². The molecule has 0 fully saturated rings. The van der Waals surface area contributed by atoms with Crippen molar-refractivity contribution in [3.05, 3.63) is 0 Å². The molecule has 31 heavy (non-hydrogen) atoms. The summed E-state index contributed by atoms with van der Waals surface area (Å²) in [7, 11) is 0. The van der Waals surface area contributed by atoms with Crippen LogP contribution in [0.4, 0.5) is 0 Å². The normalized spacial score (nSPS) is 11.9. The fourth-order valence-electron chi connectivity index (χ4n) is 3.96. The Morgan fingerprint density at radius 1 is 0.677 bits per heavy atom. The van der Waals surface area contributed by atoms with Crippen molar-refractivity contribution in [2.45, 2.75) is 149 Å². The van der Waals surface area contributed by atoms with Crippen LogP contribution < -0.4 is 40.0 Å². The minimum atomic E-state index is -1.18. The van der Waals surface area contributed by atoms with Crippen molar-refractivity contribution in [1.29, 1.82) is 0 Å². The van der Waals surface area contributed by atoms with Crippen molar-refractivity contribution >= 4 is 11.9 Å². The maximum Gasteiger partial charge on any atom is 1.00 e. The second-order valence-corrected chi connectivity index (χ2v) is 9.48. The summed E-state index contributed by atoms with van der Waals surface area (Å²) >= 11 is 0. The molecule has 0 aromatic carbocycles. The second kappa shape index (κ2) is 24.6. The number of rotatable bonds is 22. The van der Waals surface area contributed by atoms with Crippen LogP contribution in [0, 0.1) is 5.92 Å². The molecule has 0 radical (unpaired) electrons. The topological polar surface area (TPSA) is 69.2 Å². The van der Waals surface area contributed by atoms with Crippen LogP contribution in [-0.4, -0.2) is 17.9 Å². The minimum Gasteiger partial charge on any atom is -0.548 e. The van der Waals surface area contributed by atoms with E-state index in [0.717, 1.165) is 12.8 Å². The van der Waals surface area contributed by atoms with Gasteiger partial charge in [-0.2, -0.15) is 0 Å². The number of carbonyl (C=O) groups is 2. The third-order valence-corrected chi connectivity index (χ3v) is 5.83. The Morgan fingerprint density at radius 2 is 1.03 bits per heavy atom. The maximum absolute atomic E-state index is 11.9. The van der Waals surface area contributed by atoms with Gasteiger partial charge in [0.2, 0.25) is 5.91 Å². The Labute approximate surface area is 215 Å². The van der Waals surface area contributed by atoms with E-state index < -0.39 is 12.0 Å². The summed E-state index contributed by atoms with van der Waals surface area (Å²) in [5.41, 5.74) is 0. The first kappa shape index (κ1) is 33.1. The largest absolute Gasteiger partial charge is 1.00 e. The molecule has 0 aromatic heterocycles. The number of carboxylic acids is 1. The molecule has 0 rings (SSSR count). The molecule has 5 heteroatoms. The van der Waals surface area contributed by atoms with Gasteiger partial charge in [-0.25, -0.2) is 0 Å². The van der Waals surface area contributed by atoms with E-state index in [2.05, 4.69) is 12.2 Å². The van der Waals surface area contributed by atoms with E-state index >= 15 is 0 Å². The van der Waals surface area contributed by atoms with Crippen LogP contribution in [0.15, 0.2) is 0 Å². The average molecular weight is 448 g/mol. The third-order valence-electron chi connectivity index (χ3n) is 5.83. The molecule has 0 aliphatic rings. The molecule has 0 saturated carbocycles. The summed E-state index contributed by atoms with van der Waals surface area (Å²) in [4.78, 5) is 23.0. The summed E-state index contributed by atoms with van der Waals surface area (Å²) in [6.45, 7) is 6.16. The number of carboxylic acid groups (broad SMARTS) is 1. The van der Waals surface area contributed by atoms with E-state index in [1.54, 1.807) is 0 Å². The molecule has 0 saturated heterocycles. The second-order valence-electron chi connectivity index (χ2n) is 9.48. The predicted molar refractivity (Wildman–Crippen MR) is 125 cm³/mol. The van der Waals surface area contributed by atoms with Crippen LogP contribution in [0.2, 0.25) is 0 Å². The smallest absolute Gasteiger partial charge is 0.548 e. The van der Waals surface area contributed by atoms with Gasteiger partial charge < -0.3 is 15.2 Å². The Balaban J connectivity index is 0. The number of hydrogen-bond acceptors (Lipinski definition) is 3. The Kier molecular flexibility index (Phi) is 26.3. The third kappa shape index (κ3) is 24.4. The number of carbonyl (C=O) groups excluding carboxylic acids is 2. The molecule has 0 bridgehead atoms. The number of unbranched alkanes of at least 4 members (excludes halogenated alkanes) is 16. The zero-order valence-corrected chi connectivity index (χ0v) is 23.3. The average Bonchev–Trinajstić information content (AvgIpc) is 2.69. The van der Waals surface area contributed by atoms with Gasteiger partial charge >= 0.3 is 29.6 Å². The molecular formula is C26H50NNaO3. The molecule has 178 valence electrons. The molecular weight excluding hydrogens is 397 g/mol. The van der Waals surface area contributed by atoms with E-state index in [1.807, 2.05) is 13.8 Å². The van der Waals surface area contributed by atoms with Crippen LogP contribution in [0.1, 0.15) is 143 Å². The van der Waals surface area contributed by atoms with Gasteiger partial charge in [-0.05, 0) is 18.8 Å². The van der Waals surface area contributed by atoms with Gasteiger partial charge in [0, 0.05) is 6.42 Å². The molecule has 4 nitrogen and oxygen atoms in total. The van der Waals surface area contributed by atoms with Crippen LogP contribution >= 0.6 is 0 Å². The number of hydrogen-bond donors (Lipinski definition) is 1. The van der Waals surface area contributed by atoms with E-state index in [0.29, 0.717) is 12.8 Å². The van der Waals surface area contributed by atoms with Gasteiger partial charge in [0.1, 0.15) is 0 Å². The van der Waals surface area contributed by atoms with E-state index in [4.69, 9.17) is 0 Å². The SMILES string of the molecule is CCCCCCCCCCCCCCCCCCCC(=O)N[C@@H](CC(C)C)C(=O)[O-].[Na+]. The Morgan fingerprint density at radius 3 is 1.35 bits per heavy atom. The van der Waals surface area contributed by atoms with Gasteiger partial charge in [-0.1, -0.05) is 124 Å². The quantitative estimate of drug-likeness (QED) is 0.204. The van der Waals surface area contributed by atoms with Crippen molar-refractivity contribution in [3.63, 3.8) is 0 Å². The van der Waals surface area contributed by atoms with Gasteiger partial charge in [-0.15, -0.1) is 0 Å². The van der Waals surface area contributed by atoms with Crippen LogP contribution in [0.3, 0.4) is 0 Å². The standard InChI is InChI=1S/C26H51NO3.Na/c1-4-5-6-7-8-9-10-11-12-13-14-15-16-17-18-19-20-21-25(28)27-24(26(29)30)22-23(2)3;/h23-24H,4-22H2,1-3H3,(H,27,28)(H,29,30);/q;+1/p-1/t24-;/m0./s1. The molecule has 1 atom stereocenters. The number of nitrogens with one attached hydrogen (secondary N) is 1. The first-order valence-electron chi connectivity index (χ1n) is 13.0. The first-order valence-corrected chi connectivity index (χ1v) is 13.0. The van der Waals surface area contributed by atoms with Crippen LogP contribution in [-0.2, 0) is 9.59 Å². The van der Waals surface area contributed by atoms with E-state index in [-0.39, 0.29) is 41.4 Å². The van der Waals surface area contributed by atoms with Gasteiger partial charge in [0.05, 0.1) is 12.0 Å². The predicted octanol–water partition coefficient (Wildman–Crippen LogP) is 3.31. The monoisotopic (exact) mass is 447 g/mol. The molecule has 0 heterocycles. The summed E-state index contributed by atoms with van der Waals surface area (Å²) < 4.78 is 0. The zero-order valence-electron chi connectivity index (χ0n) is 21.3. The molecule has 0 unspecified atom stereocenters. The zero-order chi connectivity index (χ0) is 22.5. The molecule has 0 spiro atoms. The van der Waals surface area contributed by atoms with Crippen molar-refractivity contribution in [2.75, 3.05) is 0 Å². The Hall–Kier alpha value is -0.0600. The van der Waals surface area contributed by atoms with Gasteiger partial charge in [0.15, 0.2) is 0 Å². The summed E-state index contributed by atoms with van der Waals surface area (Å²) in [5.74, 6) is -1.13. The van der Waals surface area contributed by atoms with Gasteiger partial charge in [-0.3, -0.25) is 4.79 Å². The van der Waals surface area contributed by atoms with Crippen molar-refractivity contribution < 1.29 is 44.3 Å². The Bertz CT molecular complexity index is 415. The minimum absolute atomic E-state index is 0. The molecule has 0 aliphatic heterocycles. The van der Waals surface area contributed by atoms with E-state index in [1.165, 1.54) is 96.3 Å². The summed E-state index contributed by atoms with van der Waals surface area (Å²) in [6, 6.07) is -0.858. The van der Waals surface area contributed by atoms with Crippen LogP contribution in [0.25, 0.3) is 0 Å². The fraction of sp³-hybridized carbons (Fsp3) is 0.923. The van der Waals surface area contributed by atoms with Gasteiger partial charge in [0.25, 0.3) is 0 Å². The van der Waals surface area contributed by atoms with Crippen molar-refractivity contribution in [3.8, 4) is 0 Å². The van der Waals surface area contributed by atoms with Crippen LogP contribution in [0.5, 0.6) is 0 Å². The summed E-state index contributed by atoms with van der Waals surface area (Å²) in [6.07, 6.45) is 23.2. The summed E-state index contributed by atoms with van der Waals surface area (Å²) in [5, 5.41) is 13.7. The molecule has 0 aromatic rings. The number of amides is 1. The maximum atomic E-state index is 11.9. The number of aliphatic carboxylic acids is 1. The first-order chi connectivity index (χ1) is 14.5. The van der Waals surface area contributed by atoms with Crippen molar-refractivity contribution in [2.24, 2.45) is 5.92 Å². The molecule has 1 amide bonds.